The van der Waals surface area contributed by atoms with Crippen LogP contribution in [0.1, 0.15) is 90.5 Å². The zero-order chi connectivity index (χ0) is 29.5. The second-order valence-corrected chi connectivity index (χ2v) is 11.9. The third kappa shape index (κ3) is 13.8. The average Bonchev–Trinajstić information content (AvgIpc) is 2.88. The van der Waals surface area contributed by atoms with Crippen LogP contribution in [0.5, 0.6) is 0 Å². The highest BCUT2D eigenvalue weighted by Crippen LogP contribution is 2.28. The molecule has 0 unspecified atom stereocenters. The Morgan fingerprint density at radius 2 is 1.68 bits per heavy atom. The molecule has 40 heavy (non-hydrogen) atoms. The molecule has 0 aliphatic heterocycles. The van der Waals surface area contributed by atoms with Crippen molar-refractivity contribution in [3.05, 3.63) is 35.9 Å². The largest absolute Gasteiger partial charge is 0.481 e. The van der Waals surface area contributed by atoms with Crippen molar-refractivity contribution in [1.29, 1.82) is 0 Å². The molecule has 1 fully saturated rings. The first-order chi connectivity index (χ1) is 18.9. The molecule has 0 spiro atoms. The molecule has 10 heteroatoms. The smallest absolute Gasteiger partial charge is 0.315 e. The molecule has 6 N–H and O–H groups in total. The Morgan fingerprint density at radius 3 is 2.30 bits per heavy atom. The molecule has 1 aliphatic rings. The molecule has 0 saturated heterocycles. The number of benzene rings is 1. The number of aryl methyl sites for hydroxylation is 1. The lowest BCUT2D eigenvalue weighted by molar-refractivity contribution is -0.138. The number of rotatable bonds is 15. The summed E-state index contributed by atoms with van der Waals surface area (Å²) in [5.74, 6) is -1.76. The van der Waals surface area contributed by atoms with E-state index in [1.165, 1.54) is 6.42 Å². The van der Waals surface area contributed by atoms with Gasteiger partial charge in [0.15, 0.2) is 0 Å². The summed E-state index contributed by atoms with van der Waals surface area (Å²) >= 11 is 0. The quantitative estimate of drug-likeness (QED) is 0.181. The molecule has 0 radical (unpaired) electrons. The highest BCUT2D eigenvalue weighted by molar-refractivity contribution is 5.88. The zero-order valence-corrected chi connectivity index (χ0v) is 24.2. The summed E-state index contributed by atoms with van der Waals surface area (Å²) in [6.45, 7) is 5.95. The summed E-state index contributed by atoms with van der Waals surface area (Å²) < 4.78 is 0. The van der Waals surface area contributed by atoms with Crippen LogP contribution in [0, 0.1) is 5.92 Å². The molecule has 4 amide bonds. The number of hydrogen-bond acceptors (Lipinski definition) is 5. The summed E-state index contributed by atoms with van der Waals surface area (Å²) in [5, 5.41) is 31.2. The lowest BCUT2D eigenvalue weighted by atomic mass is 9.83. The lowest BCUT2D eigenvalue weighted by Gasteiger charge is -2.31. The molecule has 1 aromatic rings. The van der Waals surface area contributed by atoms with Crippen LogP contribution >= 0.6 is 0 Å². The van der Waals surface area contributed by atoms with E-state index in [9.17, 15) is 24.3 Å². The topological polar surface area (TPSA) is 157 Å². The van der Waals surface area contributed by atoms with Crippen molar-refractivity contribution in [1.82, 2.24) is 21.3 Å². The standard InChI is InChI=1S/C30H48N4O6/c1-30(2,3)34-29(40)33-24(19-22-13-8-5-9-14-22)25(35)20-26(36)32-23(16-17-27(37)38)28(39)31-18-10-15-21-11-6-4-7-12-21/h4,6-7,11-12,22-25,35H,5,8-10,13-20H2,1-3H3,(H,31,39)(H,32,36)(H,37,38)(H2,33,34,40)/t23-,24-,25-/m0/s1. The van der Waals surface area contributed by atoms with Gasteiger partial charge in [0, 0.05) is 18.5 Å². The summed E-state index contributed by atoms with van der Waals surface area (Å²) in [6.07, 6.45) is 5.59. The van der Waals surface area contributed by atoms with E-state index in [2.05, 4.69) is 21.3 Å². The fourth-order valence-electron chi connectivity index (χ4n) is 5.03. The third-order valence-corrected chi connectivity index (χ3v) is 7.06. The van der Waals surface area contributed by atoms with Gasteiger partial charge in [0.25, 0.3) is 0 Å². The van der Waals surface area contributed by atoms with Gasteiger partial charge >= 0.3 is 12.0 Å². The van der Waals surface area contributed by atoms with E-state index in [4.69, 9.17) is 5.11 Å². The van der Waals surface area contributed by atoms with Gasteiger partial charge < -0.3 is 31.5 Å². The first kappa shape index (κ1) is 33.1. The molecule has 1 aliphatic carbocycles. The fraction of sp³-hybridized carbons (Fsp3) is 0.667. The van der Waals surface area contributed by atoms with Crippen LogP contribution in [-0.2, 0) is 20.8 Å². The van der Waals surface area contributed by atoms with Crippen molar-refractivity contribution in [2.75, 3.05) is 6.54 Å². The Morgan fingerprint density at radius 1 is 1.00 bits per heavy atom. The predicted octanol–water partition coefficient (Wildman–Crippen LogP) is 3.27. The highest BCUT2D eigenvalue weighted by atomic mass is 16.4. The number of carbonyl (C=O) groups is 4. The molecule has 1 aromatic carbocycles. The SMILES string of the molecule is CC(C)(C)NC(=O)N[C@@H](CC1CCCCC1)[C@@H](O)CC(=O)N[C@@H](CCC(=O)O)C(=O)NCCCc1ccccc1. The molecule has 0 bridgehead atoms. The second-order valence-electron chi connectivity index (χ2n) is 11.9. The van der Waals surface area contributed by atoms with Crippen LogP contribution in [0.25, 0.3) is 0 Å². The van der Waals surface area contributed by atoms with Gasteiger partial charge in [0.05, 0.1) is 18.6 Å². The van der Waals surface area contributed by atoms with Gasteiger partial charge in [0.2, 0.25) is 11.8 Å². The number of hydrogen-bond donors (Lipinski definition) is 6. The van der Waals surface area contributed by atoms with E-state index in [-0.39, 0.29) is 19.3 Å². The fourth-order valence-corrected chi connectivity index (χ4v) is 5.03. The minimum Gasteiger partial charge on any atom is -0.481 e. The molecule has 2 rings (SSSR count). The number of amides is 4. The van der Waals surface area contributed by atoms with E-state index >= 15 is 0 Å². The van der Waals surface area contributed by atoms with Crippen molar-refractivity contribution in [2.45, 2.75) is 115 Å². The Hall–Kier alpha value is -3.14. The summed E-state index contributed by atoms with van der Waals surface area (Å²) in [6, 6.07) is 7.76. The monoisotopic (exact) mass is 560 g/mol. The number of aliphatic carboxylic acids is 1. The van der Waals surface area contributed by atoms with Gasteiger partial charge in [-0.25, -0.2) is 4.79 Å². The van der Waals surface area contributed by atoms with E-state index in [1.807, 2.05) is 51.1 Å². The summed E-state index contributed by atoms with van der Waals surface area (Å²) in [5.41, 5.74) is 0.683. The minimum atomic E-state index is -1.17. The van der Waals surface area contributed by atoms with Gasteiger partial charge in [0.1, 0.15) is 6.04 Å². The van der Waals surface area contributed by atoms with Crippen LogP contribution in [0.4, 0.5) is 4.79 Å². The van der Waals surface area contributed by atoms with E-state index in [1.54, 1.807) is 0 Å². The third-order valence-electron chi connectivity index (χ3n) is 7.06. The van der Waals surface area contributed by atoms with Crippen LogP contribution in [0.15, 0.2) is 30.3 Å². The van der Waals surface area contributed by atoms with Gasteiger partial charge in [-0.1, -0.05) is 62.4 Å². The molecule has 1 saturated carbocycles. The van der Waals surface area contributed by atoms with E-state index in [0.29, 0.717) is 25.3 Å². The number of carbonyl (C=O) groups excluding carboxylic acids is 3. The number of aliphatic hydroxyl groups is 1. The van der Waals surface area contributed by atoms with Gasteiger partial charge in [-0.05, 0) is 57.9 Å². The Labute approximate surface area is 238 Å². The van der Waals surface area contributed by atoms with Crippen LogP contribution in [-0.4, -0.2) is 64.3 Å². The molecule has 0 heterocycles. The van der Waals surface area contributed by atoms with Gasteiger partial charge in [-0.15, -0.1) is 0 Å². The predicted molar refractivity (Wildman–Crippen MR) is 154 cm³/mol. The van der Waals surface area contributed by atoms with Gasteiger partial charge in [-0.2, -0.15) is 0 Å². The van der Waals surface area contributed by atoms with E-state index in [0.717, 1.165) is 37.7 Å². The number of carboxylic acids is 1. The lowest BCUT2D eigenvalue weighted by Crippen LogP contribution is -2.54. The maximum Gasteiger partial charge on any atom is 0.315 e. The highest BCUT2D eigenvalue weighted by Gasteiger charge is 2.30. The summed E-state index contributed by atoms with van der Waals surface area (Å²) in [7, 11) is 0. The van der Waals surface area contributed by atoms with Crippen LogP contribution in [0.2, 0.25) is 0 Å². The average molecular weight is 561 g/mol. The zero-order valence-electron chi connectivity index (χ0n) is 24.2. The van der Waals surface area contributed by atoms with Crippen LogP contribution in [0.3, 0.4) is 0 Å². The normalized spacial score (nSPS) is 16.3. The van der Waals surface area contributed by atoms with E-state index < -0.39 is 47.5 Å². The van der Waals surface area contributed by atoms with Gasteiger partial charge in [-0.3, -0.25) is 14.4 Å². The van der Waals surface area contributed by atoms with Crippen molar-refractivity contribution >= 4 is 23.8 Å². The molecule has 224 valence electrons. The van der Waals surface area contributed by atoms with Crippen molar-refractivity contribution in [3.63, 3.8) is 0 Å². The first-order valence-electron chi connectivity index (χ1n) is 14.5. The van der Waals surface area contributed by atoms with Crippen molar-refractivity contribution < 1.29 is 29.4 Å². The Bertz CT molecular complexity index is 943. The number of nitrogens with one attached hydrogen (secondary N) is 4. The minimum absolute atomic E-state index is 0.0700. The maximum absolute atomic E-state index is 12.9. The number of aliphatic hydroxyl groups excluding tert-OH is 1. The van der Waals surface area contributed by atoms with Crippen molar-refractivity contribution in [3.8, 4) is 0 Å². The number of urea groups is 1. The molecule has 10 nitrogen and oxygen atoms in total. The molecular weight excluding hydrogens is 512 g/mol. The molecular formula is C30H48N4O6. The first-order valence-corrected chi connectivity index (χ1v) is 14.5. The maximum atomic E-state index is 12.9. The Kier molecular flexibility index (Phi) is 13.9. The number of carboxylic acid groups (broad SMARTS) is 1. The second kappa shape index (κ2) is 16.8. The van der Waals surface area contributed by atoms with Crippen LogP contribution < -0.4 is 21.3 Å². The Balaban J connectivity index is 1.96. The summed E-state index contributed by atoms with van der Waals surface area (Å²) in [4.78, 5) is 49.5. The van der Waals surface area contributed by atoms with Crippen molar-refractivity contribution in [2.24, 2.45) is 5.92 Å². The molecule has 0 aromatic heterocycles. The molecule has 3 atom stereocenters.